The summed E-state index contributed by atoms with van der Waals surface area (Å²) in [6.45, 7) is 2.27. The first-order valence-corrected chi connectivity index (χ1v) is 7.26. The van der Waals surface area contributed by atoms with Crippen LogP contribution >= 0.6 is 11.3 Å². The predicted molar refractivity (Wildman–Crippen MR) is 82.1 cm³/mol. The van der Waals surface area contributed by atoms with Gasteiger partial charge in [0, 0.05) is 15.0 Å². The molecular formula is C17H14O2S. The van der Waals surface area contributed by atoms with Crippen molar-refractivity contribution in [1.29, 1.82) is 0 Å². The van der Waals surface area contributed by atoms with Crippen LogP contribution < -0.4 is 0 Å². The van der Waals surface area contributed by atoms with Crippen LogP contribution in [0.3, 0.4) is 0 Å². The van der Waals surface area contributed by atoms with Gasteiger partial charge in [-0.1, -0.05) is 48.5 Å². The predicted octanol–water partition coefficient (Wildman–Crippen LogP) is 4.57. The van der Waals surface area contributed by atoms with Gasteiger partial charge in [0.05, 0.1) is 5.56 Å². The third-order valence-electron chi connectivity index (χ3n) is 3.19. The second kappa shape index (κ2) is 5.47. The topological polar surface area (TPSA) is 26.3 Å². The summed E-state index contributed by atoms with van der Waals surface area (Å²) in [6, 6.07) is 17.7. The number of hydrogen-bond donors (Lipinski definition) is 0. The zero-order valence-corrected chi connectivity index (χ0v) is 11.9. The average molecular weight is 282 g/mol. The van der Waals surface area contributed by atoms with Crippen LogP contribution in [0.2, 0.25) is 0 Å². The Bertz CT molecular complexity index is 744. The zero-order chi connectivity index (χ0) is 13.9. The van der Waals surface area contributed by atoms with E-state index in [1.807, 2.05) is 61.5 Å². The molecule has 0 N–H and O–H groups in total. The summed E-state index contributed by atoms with van der Waals surface area (Å²) < 4.78 is 6.55. The van der Waals surface area contributed by atoms with Crippen molar-refractivity contribution in [3.63, 3.8) is 0 Å². The maximum absolute atomic E-state index is 12.3. The molecule has 1 aromatic heterocycles. The van der Waals surface area contributed by atoms with Crippen LogP contribution in [0.1, 0.15) is 20.8 Å². The van der Waals surface area contributed by atoms with E-state index in [9.17, 15) is 4.79 Å². The smallest absolute Gasteiger partial charge is 0.340 e. The Morgan fingerprint density at radius 3 is 2.55 bits per heavy atom. The van der Waals surface area contributed by atoms with Crippen LogP contribution in [0.4, 0.5) is 0 Å². The monoisotopic (exact) mass is 282 g/mol. The van der Waals surface area contributed by atoms with Crippen LogP contribution in [0.15, 0.2) is 54.6 Å². The molecule has 1 heterocycles. The Morgan fingerprint density at radius 2 is 1.75 bits per heavy atom. The summed E-state index contributed by atoms with van der Waals surface area (Å²) in [6.07, 6.45) is 0. The zero-order valence-electron chi connectivity index (χ0n) is 11.1. The van der Waals surface area contributed by atoms with Crippen molar-refractivity contribution in [1.82, 2.24) is 0 Å². The van der Waals surface area contributed by atoms with Gasteiger partial charge < -0.3 is 4.74 Å². The summed E-state index contributed by atoms with van der Waals surface area (Å²) in [4.78, 5) is 13.3. The summed E-state index contributed by atoms with van der Waals surface area (Å²) >= 11 is 1.63. The number of rotatable bonds is 3. The number of ether oxygens (including phenoxy) is 1. The lowest BCUT2D eigenvalue weighted by Crippen LogP contribution is -2.05. The molecule has 0 saturated carbocycles. The van der Waals surface area contributed by atoms with E-state index in [-0.39, 0.29) is 5.97 Å². The number of hydrogen-bond acceptors (Lipinski definition) is 3. The molecule has 3 aromatic rings. The van der Waals surface area contributed by atoms with Crippen molar-refractivity contribution in [2.45, 2.75) is 13.5 Å². The molecule has 0 spiro atoms. The van der Waals surface area contributed by atoms with E-state index in [1.165, 1.54) is 0 Å². The molecule has 0 aliphatic carbocycles. The van der Waals surface area contributed by atoms with E-state index in [0.29, 0.717) is 12.2 Å². The van der Waals surface area contributed by atoms with E-state index in [4.69, 9.17) is 4.74 Å². The Hall–Kier alpha value is -2.13. The number of aryl methyl sites for hydroxylation is 1. The van der Waals surface area contributed by atoms with Crippen molar-refractivity contribution in [3.05, 3.63) is 70.6 Å². The van der Waals surface area contributed by atoms with Gasteiger partial charge in [-0.3, -0.25) is 0 Å². The van der Waals surface area contributed by atoms with Crippen LogP contribution in [-0.4, -0.2) is 5.97 Å². The van der Waals surface area contributed by atoms with Crippen molar-refractivity contribution < 1.29 is 9.53 Å². The van der Waals surface area contributed by atoms with Gasteiger partial charge in [-0.05, 0) is 18.6 Å². The third-order valence-corrected chi connectivity index (χ3v) is 4.27. The largest absolute Gasteiger partial charge is 0.457 e. The number of carbonyl (C=O) groups is 1. The van der Waals surface area contributed by atoms with Crippen LogP contribution in [0.5, 0.6) is 0 Å². The molecule has 0 saturated heterocycles. The second-order valence-corrected chi connectivity index (χ2v) is 5.85. The van der Waals surface area contributed by atoms with E-state index < -0.39 is 0 Å². The molecule has 2 nitrogen and oxygen atoms in total. The quantitative estimate of drug-likeness (QED) is 0.658. The fourth-order valence-corrected chi connectivity index (χ4v) is 3.27. The number of benzene rings is 2. The highest BCUT2D eigenvalue weighted by Gasteiger charge is 2.17. The van der Waals surface area contributed by atoms with Crippen LogP contribution in [-0.2, 0) is 11.3 Å². The van der Waals surface area contributed by atoms with E-state index in [2.05, 4.69) is 0 Å². The molecule has 0 amide bonds. The molecule has 0 aliphatic rings. The minimum Gasteiger partial charge on any atom is -0.457 e. The molecule has 0 aliphatic heterocycles. The third kappa shape index (κ3) is 2.45. The highest BCUT2D eigenvalue weighted by atomic mass is 32.1. The van der Waals surface area contributed by atoms with Crippen LogP contribution in [0.25, 0.3) is 10.1 Å². The fourth-order valence-electron chi connectivity index (χ4n) is 2.22. The maximum atomic E-state index is 12.3. The van der Waals surface area contributed by atoms with Gasteiger partial charge in [0.2, 0.25) is 0 Å². The first-order chi connectivity index (χ1) is 9.75. The Labute approximate surface area is 121 Å². The Kier molecular flexibility index (Phi) is 3.52. The van der Waals surface area contributed by atoms with E-state index >= 15 is 0 Å². The van der Waals surface area contributed by atoms with Gasteiger partial charge in [0.1, 0.15) is 6.61 Å². The van der Waals surface area contributed by atoms with E-state index in [1.54, 1.807) is 11.3 Å². The normalized spacial score (nSPS) is 10.7. The molecule has 2 aromatic carbocycles. The molecule has 0 unspecified atom stereocenters. The average Bonchev–Trinajstić information content (AvgIpc) is 2.82. The second-order valence-electron chi connectivity index (χ2n) is 4.59. The lowest BCUT2D eigenvalue weighted by molar-refractivity contribution is 0.0475. The summed E-state index contributed by atoms with van der Waals surface area (Å²) in [5.74, 6) is -0.246. The minimum atomic E-state index is -0.246. The number of esters is 1. The molecule has 0 atom stereocenters. The van der Waals surface area contributed by atoms with Crippen LogP contribution in [0, 0.1) is 6.92 Å². The van der Waals surface area contributed by atoms with Crippen molar-refractivity contribution in [2.24, 2.45) is 0 Å². The Balaban J connectivity index is 1.84. The standard InChI is InChI=1S/C17H14O2S/c1-12-16(14-9-5-6-10-15(14)20-12)17(18)19-11-13-7-3-2-4-8-13/h2-10H,11H2,1H3. The maximum Gasteiger partial charge on any atom is 0.340 e. The van der Waals surface area contributed by atoms with Gasteiger partial charge in [-0.2, -0.15) is 0 Å². The van der Waals surface area contributed by atoms with Crippen molar-refractivity contribution >= 4 is 27.4 Å². The molecule has 0 radical (unpaired) electrons. The highest BCUT2D eigenvalue weighted by Crippen LogP contribution is 2.31. The number of carbonyl (C=O) groups excluding carboxylic acids is 1. The van der Waals surface area contributed by atoms with Crippen molar-refractivity contribution in [2.75, 3.05) is 0 Å². The first-order valence-electron chi connectivity index (χ1n) is 6.45. The lowest BCUT2D eigenvalue weighted by atomic mass is 10.1. The molecule has 100 valence electrons. The summed E-state index contributed by atoms with van der Waals surface area (Å²) in [5, 5.41) is 0.980. The lowest BCUT2D eigenvalue weighted by Gasteiger charge is -2.05. The molecule has 3 heteroatoms. The number of fused-ring (bicyclic) bond motifs is 1. The van der Waals surface area contributed by atoms with Gasteiger partial charge in [-0.25, -0.2) is 4.79 Å². The van der Waals surface area contributed by atoms with Crippen molar-refractivity contribution in [3.8, 4) is 0 Å². The Morgan fingerprint density at radius 1 is 1.05 bits per heavy atom. The summed E-state index contributed by atoms with van der Waals surface area (Å²) in [7, 11) is 0. The van der Waals surface area contributed by atoms with Gasteiger partial charge in [0.15, 0.2) is 0 Å². The van der Waals surface area contributed by atoms with Gasteiger partial charge >= 0.3 is 5.97 Å². The summed E-state index contributed by atoms with van der Waals surface area (Å²) in [5.41, 5.74) is 1.69. The van der Waals surface area contributed by atoms with Gasteiger partial charge in [-0.15, -0.1) is 11.3 Å². The fraction of sp³-hybridized carbons (Fsp3) is 0.118. The molecule has 0 fully saturated rings. The molecular weight excluding hydrogens is 268 g/mol. The van der Waals surface area contributed by atoms with Gasteiger partial charge in [0.25, 0.3) is 0 Å². The minimum absolute atomic E-state index is 0.246. The SMILES string of the molecule is Cc1sc2ccccc2c1C(=O)OCc1ccccc1. The van der Waals surface area contributed by atoms with E-state index in [0.717, 1.165) is 20.5 Å². The molecule has 20 heavy (non-hydrogen) atoms. The first kappa shape index (κ1) is 12.9. The highest BCUT2D eigenvalue weighted by molar-refractivity contribution is 7.19. The molecule has 3 rings (SSSR count). The molecule has 0 bridgehead atoms. The number of thiophene rings is 1.